The number of aliphatic hydroxyl groups is 2. The van der Waals surface area contributed by atoms with Gasteiger partial charge in [0.2, 0.25) is 0 Å². The van der Waals surface area contributed by atoms with Gasteiger partial charge in [-0.1, -0.05) is 0 Å². The summed E-state index contributed by atoms with van der Waals surface area (Å²) in [7, 11) is 0. The normalized spacial score (nSPS) is 19.7. The van der Waals surface area contributed by atoms with E-state index in [1.54, 1.807) is 0 Å². The Balaban J connectivity index is 0.00000225. The second kappa shape index (κ2) is 9.76. The molecule has 90 valence electrons. The molecule has 1 aliphatic heterocycles. The van der Waals surface area contributed by atoms with E-state index in [-0.39, 0.29) is 49.4 Å². The molecule has 7 heteroatoms. The zero-order valence-electron chi connectivity index (χ0n) is 10.0. The van der Waals surface area contributed by atoms with Crippen LogP contribution in [-0.4, -0.2) is 84.4 Å². The van der Waals surface area contributed by atoms with Crippen molar-refractivity contribution in [3.8, 4) is 0 Å². The van der Waals surface area contributed by atoms with Gasteiger partial charge in [0.25, 0.3) is 0 Å². The second-order valence-electron chi connectivity index (χ2n) is 3.76. The Bertz CT molecular complexity index is 142. The molecule has 0 aromatic carbocycles. The SMILES string of the molecule is [Na+].[O-]CCN1CN(CCO)CN(CCO)C1. The van der Waals surface area contributed by atoms with Gasteiger partial charge < -0.3 is 15.3 Å². The first kappa shape index (κ1) is 16.8. The quantitative estimate of drug-likeness (QED) is 0.451. The number of hydrogen-bond acceptors (Lipinski definition) is 6. The number of rotatable bonds is 6. The summed E-state index contributed by atoms with van der Waals surface area (Å²) in [6.45, 7) is 4.07. The van der Waals surface area contributed by atoms with Gasteiger partial charge in [-0.3, -0.25) is 14.7 Å². The molecule has 6 nitrogen and oxygen atoms in total. The van der Waals surface area contributed by atoms with Crippen LogP contribution in [0.25, 0.3) is 0 Å². The van der Waals surface area contributed by atoms with Crippen molar-refractivity contribution in [2.75, 3.05) is 59.5 Å². The van der Waals surface area contributed by atoms with Gasteiger partial charge >= 0.3 is 29.6 Å². The molecule has 0 aromatic rings. The van der Waals surface area contributed by atoms with Crippen molar-refractivity contribution in [1.82, 2.24) is 14.7 Å². The van der Waals surface area contributed by atoms with Crippen LogP contribution in [0.1, 0.15) is 0 Å². The maximum Gasteiger partial charge on any atom is 1.00 e. The molecule has 1 saturated heterocycles. The Labute approximate surface area is 119 Å². The maximum atomic E-state index is 10.5. The van der Waals surface area contributed by atoms with Crippen molar-refractivity contribution < 1.29 is 44.9 Å². The van der Waals surface area contributed by atoms with Crippen LogP contribution in [0.2, 0.25) is 0 Å². The fourth-order valence-corrected chi connectivity index (χ4v) is 1.82. The number of β-amino-alcohol motifs (C(OH)–C–C–N with tert-alkyl or cyclic N) is 2. The van der Waals surface area contributed by atoms with Crippen LogP contribution >= 0.6 is 0 Å². The molecular formula is C9H20N3NaO3. The summed E-state index contributed by atoms with van der Waals surface area (Å²) >= 11 is 0. The Morgan fingerprint density at radius 2 is 1.19 bits per heavy atom. The number of nitrogens with zero attached hydrogens (tertiary/aromatic N) is 3. The number of aliphatic hydroxyl groups excluding tert-OH is 2. The van der Waals surface area contributed by atoms with Crippen LogP contribution in [0.3, 0.4) is 0 Å². The van der Waals surface area contributed by atoms with E-state index in [0.717, 1.165) is 20.0 Å². The molecular weight excluding hydrogens is 221 g/mol. The third-order valence-electron chi connectivity index (χ3n) is 2.44. The molecule has 16 heavy (non-hydrogen) atoms. The van der Waals surface area contributed by atoms with Gasteiger partial charge in [0.15, 0.2) is 0 Å². The zero-order valence-corrected chi connectivity index (χ0v) is 12.0. The first-order chi connectivity index (χ1) is 7.30. The van der Waals surface area contributed by atoms with Crippen LogP contribution in [0, 0.1) is 0 Å². The van der Waals surface area contributed by atoms with Gasteiger partial charge in [0, 0.05) is 13.1 Å². The van der Waals surface area contributed by atoms with Gasteiger partial charge in [-0.2, -0.15) is 0 Å². The topological polar surface area (TPSA) is 73.2 Å². The summed E-state index contributed by atoms with van der Waals surface area (Å²) in [5.41, 5.74) is 0. The molecule has 0 saturated carbocycles. The molecule has 2 N–H and O–H groups in total. The van der Waals surface area contributed by atoms with E-state index < -0.39 is 0 Å². The Hall–Kier alpha value is 0.760. The van der Waals surface area contributed by atoms with E-state index in [1.165, 1.54) is 0 Å². The van der Waals surface area contributed by atoms with Crippen molar-refractivity contribution in [2.45, 2.75) is 0 Å². The van der Waals surface area contributed by atoms with Crippen molar-refractivity contribution in [3.63, 3.8) is 0 Å². The molecule has 0 bridgehead atoms. The third kappa shape index (κ3) is 5.90. The molecule has 1 rings (SSSR count). The molecule has 1 heterocycles. The Morgan fingerprint density at radius 1 is 0.812 bits per heavy atom. The van der Waals surface area contributed by atoms with E-state index in [2.05, 4.69) is 9.80 Å². The van der Waals surface area contributed by atoms with Crippen molar-refractivity contribution in [1.29, 1.82) is 0 Å². The standard InChI is InChI=1S/C9H20N3O3.Na/c13-4-1-10-7-11(2-5-14)9-12(8-10)3-6-15;/h13-14H,1-9H2;/q-1;+1. The van der Waals surface area contributed by atoms with Crippen LogP contribution in [0.5, 0.6) is 0 Å². The van der Waals surface area contributed by atoms with Crippen LogP contribution in [-0.2, 0) is 0 Å². The van der Waals surface area contributed by atoms with Crippen LogP contribution in [0.15, 0.2) is 0 Å². The average molecular weight is 241 g/mol. The van der Waals surface area contributed by atoms with Gasteiger partial charge in [0.05, 0.1) is 33.2 Å². The molecule has 1 fully saturated rings. The molecule has 0 unspecified atom stereocenters. The summed E-state index contributed by atoms with van der Waals surface area (Å²) in [6, 6.07) is 0. The smallest absolute Gasteiger partial charge is 0.854 e. The first-order valence-electron chi connectivity index (χ1n) is 5.27. The summed E-state index contributed by atoms with van der Waals surface area (Å²) < 4.78 is 0. The average Bonchev–Trinajstić information content (AvgIpc) is 2.19. The van der Waals surface area contributed by atoms with E-state index in [9.17, 15) is 5.11 Å². The zero-order chi connectivity index (χ0) is 11.1. The van der Waals surface area contributed by atoms with Gasteiger partial charge in [-0.05, 0) is 6.54 Å². The van der Waals surface area contributed by atoms with E-state index in [4.69, 9.17) is 10.2 Å². The third-order valence-corrected chi connectivity index (χ3v) is 2.44. The molecule has 0 aromatic heterocycles. The van der Waals surface area contributed by atoms with Crippen LogP contribution < -0.4 is 34.7 Å². The minimum Gasteiger partial charge on any atom is -0.854 e. The van der Waals surface area contributed by atoms with Crippen molar-refractivity contribution in [2.24, 2.45) is 0 Å². The minimum atomic E-state index is -0.111. The molecule has 0 amide bonds. The Morgan fingerprint density at radius 3 is 1.50 bits per heavy atom. The van der Waals surface area contributed by atoms with Gasteiger partial charge in [-0.25, -0.2) is 0 Å². The minimum absolute atomic E-state index is 0. The largest absolute Gasteiger partial charge is 1.00 e. The van der Waals surface area contributed by atoms with E-state index in [1.807, 2.05) is 4.90 Å². The number of hydrogen-bond donors (Lipinski definition) is 2. The summed E-state index contributed by atoms with van der Waals surface area (Å²) in [4.78, 5) is 6.16. The predicted octanol–water partition coefficient (Wildman–Crippen LogP) is -5.87. The van der Waals surface area contributed by atoms with Crippen molar-refractivity contribution >= 4 is 0 Å². The van der Waals surface area contributed by atoms with Crippen LogP contribution in [0.4, 0.5) is 0 Å². The molecule has 0 spiro atoms. The monoisotopic (exact) mass is 241 g/mol. The predicted molar refractivity (Wildman–Crippen MR) is 53.8 cm³/mol. The first-order valence-corrected chi connectivity index (χ1v) is 5.27. The summed E-state index contributed by atoms with van der Waals surface area (Å²) in [6.07, 6.45) is 0. The maximum absolute atomic E-state index is 10.5. The molecule has 1 aliphatic rings. The Kier molecular flexibility index (Phi) is 10.2. The molecule has 0 aliphatic carbocycles. The molecule has 0 radical (unpaired) electrons. The summed E-state index contributed by atoms with van der Waals surface area (Å²) in [5, 5.41) is 28.3. The summed E-state index contributed by atoms with van der Waals surface area (Å²) in [5.74, 6) is 0. The van der Waals surface area contributed by atoms with Gasteiger partial charge in [-0.15, -0.1) is 6.61 Å². The molecule has 0 atom stereocenters. The van der Waals surface area contributed by atoms with Gasteiger partial charge in [0.1, 0.15) is 0 Å². The second-order valence-corrected chi connectivity index (χ2v) is 3.76. The fourth-order valence-electron chi connectivity index (χ4n) is 1.82. The van der Waals surface area contributed by atoms with Crippen molar-refractivity contribution in [3.05, 3.63) is 0 Å². The van der Waals surface area contributed by atoms with E-state index in [0.29, 0.717) is 19.6 Å². The fraction of sp³-hybridized carbons (Fsp3) is 1.00. The van der Waals surface area contributed by atoms with E-state index >= 15 is 0 Å².